The van der Waals surface area contributed by atoms with Crippen molar-refractivity contribution in [3.63, 3.8) is 0 Å². The van der Waals surface area contributed by atoms with Gasteiger partial charge in [0, 0.05) is 37.9 Å². The zero-order valence-corrected chi connectivity index (χ0v) is 18.1. The van der Waals surface area contributed by atoms with E-state index < -0.39 is 0 Å². The van der Waals surface area contributed by atoms with Crippen molar-refractivity contribution in [2.24, 2.45) is 0 Å². The minimum absolute atomic E-state index is 0.0711. The molecule has 33 heavy (non-hydrogen) atoms. The maximum Gasteiger partial charge on any atom is 0.289 e. The Balaban J connectivity index is 1.36. The molecule has 1 aliphatic rings. The van der Waals surface area contributed by atoms with Crippen LogP contribution in [0.25, 0.3) is 11.3 Å². The molecule has 0 aliphatic carbocycles. The van der Waals surface area contributed by atoms with Gasteiger partial charge in [-0.3, -0.25) is 14.3 Å². The molecule has 5 rings (SSSR count). The maximum absolute atomic E-state index is 13.5. The summed E-state index contributed by atoms with van der Waals surface area (Å²) in [4.78, 5) is 29.6. The lowest BCUT2D eigenvalue weighted by atomic mass is 10.1. The minimum Gasteiger partial charge on any atom is -0.459 e. The van der Waals surface area contributed by atoms with Crippen LogP contribution in [-0.4, -0.2) is 57.6 Å². The van der Waals surface area contributed by atoms with Gasteiger partial charge in [-0.15, -0.1) is 0 Å². The highest BCUT2D eigenvalue weighted by Crippen LogP contribution is 2.24. The molecule has 0 saturated carbocycles. The third kappa shape index (κ3) is 4.43. The number of rotatable bonds is 5. The van der Waals surface area contributed by atoms with Crippen molar-refractivity contribution in [1.82, 2.24) is 19.6 Å². The fourth-order valence-corrected chi connectivity index (χ4v) is 4.08. The third-order valence-electron chi connectivity index (χ3n) is 5.81. The van der Waals surface area contributed by atoms with Gasteiger partial charge in [0.2, 0.25) is 0 Å². The highest BCUT2D eigenvalue weighted by molar-refractivity contribution is 6.00. The Morgan fingerprint density at radius 1 is 0.788 bits per heavy atom. The Morgan fingerprint density at radius 2 is 1.42 bits per heavy atom. The van der Waals surface area contributed by atoms with Gasteiger partial charge in [-0.25, -0.2) is 0 Å². The molecule has 0 radical (unpaired) electrons. The number of hydrogen-bond acceptors (Lipinski definition) is 4. The first-order chi connectivity index (χ1) is 16.2. The van der Waals surface area contributed by atoms with E-state index in [-0.39, 0.29) is 11.8 Å². The average molecular weight is 441 g/mol. The van der Waals surface area contributed by atoms with E-state index in [1.807, 2.05) is 71.5 Å². The standard InChI is InChI=1S/C26H24N4O3/c31-25(28-13-15-29(16-14-28)26(32)23-12-7-17-33-23)22-19-30(18-20-8-3-1-4-9-20)27-24(22)21-10-5-2-6-11-21/h1-12,17,19H,13-16,18H2. The van der Waals surface area contributed by atoms with E-state index in [2.05, 4.69) is 0 Å². The summed E-state index contributed by atoms with van der Waals surface area (Å²) >= 11 is 0. The lowest BCUT2D eigenvalue weighted by Gasteiger charge is -2.34. The lowest BCUT2D eigenvalue weighted by molar-refractivity contribution is 0.0518. The second kappa shape index (κ2) is 9.16. The Hall–Kier alpha value is -4.13. The van der Waals surface area contributed by atoms with Gasteiger partial charge in [-0.1, -0.05) is 60.7 Å². The van der Waals surface area contributed by atoms with Crippen LogP contribution in [0.1, 0.15) is 26.5 Å². The van der Waals surface area contributed by atoms with E-state index >= 15 is 0 Å². The molecule has 166 valence electrons. The summed E-state index contributed by atoms with van der Waals surface area (Å²) in [7, 11) is 0. The monoisotopic (exact) mass is 440 g/mol. The molecular weight excluding hydrogens is 416 g/mol. The predicted molar refractivity (Wildman–Crippen MR) is 124 cm³/mol. The van der Waals surface area contributed by atoms with Crippen molar-refractivity contribution in [1.29, 1.82) is 0 Å². The van der Waals surface area contributed by atoms with Crippen molar-refractivity contribution in [3.8, 4) is 11.3 Å². The fraction of sp³-hybridized carbons (Fsp3) is 0.192. The van der Waals surface area contributed by atoms with Crippen LogP contribution in [0.4, 0.5) is 0 Å². The number of amides is 2. The van der Waals surface area contributed by atoms with E-state index in [4.69, 9.17) is 9.52 Å². The molecule has 1 saturated heterocycles. The zero-order valence-electron chi connectivity index (χ0n) is 18.1. The van der Waals surface area contributed by atoms with E-state index in [0.717, 1.165) is 11.1 Å². The van der Waals surface area contributed by atoms with E-state index in [0.29, 0.717) is 49.7 Å². The van der Waals surface area contributed by atoms with Crippen molar-refractivity contribution in [3.05, 3.63) is 102 Å². The number of carbonyl (C=O) groups excluding carboxylic acids is 2. The molecule has 0 spiro atoms. The Kier molecular flexibility index (Phi) is 5.76. The van der Waals surface area contributed by atoms with Crippen molar-refractivity contribution in [2.75, 3.05) is 26.2 Å². The molecule has 4 aromatic rings. The van der Waals surface area contributed by atoms with E-state index in [1.165, 1.54) is 6.26 Å². The first kappa shape index (κ1) is 20.8. The van der Waals surface area contributed by atoms with Crippen LogP contribution in [0, 0.1) is 0 Å². The average Bonchev–Trinajstić information content (AvgIpc) is 3.55. The second-order valence-electron chi connectivity index (χ2n) is 8.00. The molecule has 2 aromatic heterocycles. The summed E-state index contributed by atoms with van der Waals surface area (Å²) in [6.07, 6.45) is 3.32. The molecule has 2 amide bonds. The molecule has 2 aromatic carbocycles. The minimum atomic E-state index is -0.146. The number of carbonyl (C=O) groups is 2. The maximum atomic E-state index is 13.5. The van der Waals surface area contributed by atoms with Gasteiger partial charge in [-0.2, -0.15) is 5.10 Å². The molecule has 7 nitrogen and oxygen atoms in total. The topological polar surface area (TPSA) is 71.6 Å². The van der Waals surface area contributed by atoms with Crippen LogP contribution in [0.3, 0.4) is 0 Å². The summed E-state index contributed by atoms with van der Waals surface area (Å²) in [5.41, 5.74) is 3.26. The highest BCUT2D eigenvalue weighted by Gasteiger charge is 2.29. The number of nitrogens with zero attached hydrogens (tertiary/aromatic N) is 4. The normalized spacial score (nSPS) is 13.8. The van der Waals surface area contributed by atoms with Gasteiger partial charge >= 0.3 is 0 Å². The first-order valence-electron chi connectivity index (χ1n) is 11.0. The van der Waals surface area contributed by atoms with Gasteiger partial charge in [0.1, 0.15) is 5.69 Å². The van der Waals surface area contributed by atoms with Crippen molar-refractivity contribution >= 4 is 11.8 Å². The summed E-state index contributed by atoms with van der Waals surface area (Å²) < 4.78 is 7.05. The van der Waals surface area contributed by atoms with E-state index in [9.17, 15) is 9.59 Å². The molecular formula is C26H24N4O3. The van der Waals surface area contributed by atoms with E-state index in [1.54, 1.807) is 21.9 Å². The van der Waals surface area contributed by atoms with Gasteiger partial charge in [0.05, 0.1) is 18.4 Å². The predicted octanol–water partition coefficient (Wildman–Crippen LogP) is 3.79. The van der Waals surface area contributed by atoms with Gasteiger partial charge in [0.25, 0.3) is 11.8 Å². The third-order valence-corrected chi connectivity index (χ3v) is 5.81. The zero-order chi connectivity index (χ0) is 22.6. The Labute approximate surface area is 191 Å². The molecule has 1 aliphatic heterocycles. The molecule has 0 unspecified atom stereocenters. The van der Waals surface area contributed by atoms with Crippen molar-refractivity contribution in [2.45, 2.75) is 6.54 Å². The van der Waals surface area contributed by atoms with Crippen LogP contribution in [0.5, 0.6) is 0 Å². The van der Waals surface area contributed by atoms with Crippen LogP contribution >= 0.6 is 0 Å². The first-order valence-corrected chi connectivity index (χ1v) is 11.0. The number of benzene rings is 2. The SMILES string of the molecule is O=C(c1ccco1)N1CCN(C(=O)c2cn(Cc3ccccc3)nc2-c2ccccc2)CC1. The molecule has 3 heterocycles. The van der Waals surface area contributed by atoms with Crippen LogP contribution < -0.4 is 0 Å². The molecule has 0 bridgehead atoms. The molecule has 0 N–H and O–H groups in total. The van der Waals surface area contributed by atoms with Crippen LogP contribution in [0.15, 0.2) is 89.7 Å². The summed E-state index contributed by atoms with van der Waals surface area (Å²) in [6.45, 7) is 2.43. The second-order valence-corrected chi connectivity index (χ2v) is 8.00. The molecule has 0 atom stereocenters. The largest absolute Gasteiger partial charge is 0.459 e. The van der Waals surface area contributed by atoms with Gasteiger partial charge in [-0.05, 0) is 17.7 Å². The number of aromatic nitrogens is 2. The Morgan fingerprint density at radius 3 is 2.06 bits per heavy atom. The smallest absolute Gasteiger partial charge is 0.289 e. The number of furan rings is 1. The molecule has 1 fully saturated rings. The lowest BCUT2D eigenvalue weighted by Crippen LogP contribution is -2.50. The van der Waals surface area contributed by atoms with Crippen molar-refractivity contribution < 1.29 is 14.0 Å². The quantitative estimate of drug-likeness (QED) is 0.473. The summed E-state index contributed by atoms with van der Waals surface area (Å²) in [5, 5.41) is 4.76. The van der Waals surface area contributed by atoms with Crippen LogP contribution in [0.2, 0.25) is 0 Å². The number of hydrogen-bond donors (Lipinski definition) is 0. The van der Waals surface area contributed by atoms with Crippen LogP contribution in [-0.2, 0) is 6.54 Å². The number of piperazine rings is 1. The summed E-state index contributed by atoms with van der Waals surface area (Å²) in [5.74, 6) is 0.106. The summed E-state index contributed by atoms with van der Waals surface area (Å²) in [6, 6.07) is 23.2. The highest BCUT2D eigenvalue weighted by atomic mass is 16.3. The fourth-order valence-electron chi connectivity index (χ4n) is 4.08. The van der Waals surface area contributed by atoms with Gasteiger partial charge in [0.15, 0.2) is 5.76 Å². The molecule has 7 heteroatoms. The van der Waals surface area contributed by atoms with Gasteiger partial charge < -0.3 is 14.2 Å². The Bertz CT molecular complexity index is 1230.